The Bertz CT molecular complexity index is 3080. The van der Waals surface area contributed by atoms with Gasteiger partial charge in [-0.1, -0.05) is 200 Å². The molecular formula is C59H44N2. The van der Waals surface area contributed by atoms with Crippen molar-refractivity contribution in [3.05, 3.63) is 224 Å². The number of hydrogen-bond donors (Lipinski definition) is 0. The number of allylic oxidation sites excluding steroid dienone is 2. The first kappa shape index (κ1) is 36.4. The standard InChI is InChI=1S/C59H44N2/c1-2-60-50-37-23-9-22-36-48(50)49-40-47(38-39-51(49)60)61-58(45-32-18-7-19-33-45)56-54(43-28-14-5-15-29-43)52(41-24-10-3-11-25-41)53(42-26-12-4-13-27-42)55(44-30-16-6-17-31-44)57(56)59(61)46-34-20-8-21-35-46/h3-8,10-40H,2,9H2,1H3. The molecule has 290 valence electrons. The van der Waals surface area contributed by atoms with Crippen LogP contribution in [0.3, 0.4) is 0 Å². The molecule has 0 N–H and O–H groups in total. The van der Waals surface area contributed by atoms with Crippen LogP contribution in [-0.2, 0) is 6.54 Å². The fourth-order valence-electron chi connectivity index (χ4n) is 9.80. The molecule has 0 saturated heterocycles. The van der Waals surface area contributed by atoms with Crippen LogP contribution in [0.5, 0.6) is 0 Å². The Hall–Kier alpha value is -7.68. The molecule has 11 rings (SSSR count). The summed E-state index contributed by atoms with van der Waals surface area (Å²) in [5.41, 5.74) is 19.1. The van der Waals surface area contributed by atoms with Crippen molar-refractivity contribution in [3.63, 3.8) is 0 Å². The summed E-state index contributed by atoms with van der Waals surface area (Å²) < 4.78 is 5.05. The summed E-state index contributed by atoms with van der Waals surface area (Å²) in [4.78, 5) is 0. The Balaban J connectivity index is 1.45. The van der Waals surface area contributed by atoms with Crippen LogP contribution in [-0.4, -0.2) is 9.13 Å². The van der Waals surface area contributed by atoms with Gasteiger partial charge in [-0.25, -0.2) is 0 Å². The normalized spacial score (nSPS) is 12.2. The summed E-state index contributed by atoms with van der Waals surface area (Å²) in [6, 6.07) is 73.5. The topological polar surface area (TPSA) is 9.86 Å². The van der Waals surface area contributed by atoms with Crippen LogP contribution >= 0.6 is 0 Å². The lowest BCUT2D eigenvalue weighted by Gasteiger charge is -2.24. The molecule has 8 aromatic carbocycles. The van der Waals surface area contributed by atoms with E-state index in [9.17, 15) is 0 Å². The van der Waals surface area contributed by atoms with Gasteiger partial charge in [0.15, 0.2) is 0 Å². The molecule has 2 heterocycles. The maximum atomic E-state index is 2.59. The minimum absolute atomic E-state index is 0.896. The van der Waals surface area contributed by atoms with Crippen molar-refractivity contribution >= 4 is 33.8 Å². The predicted octanol–water partition coefficient (Wildman–Crippen LogP) is 16.0. The summed E-state index contributed by atoms with van der Waals surface area (Å²) in [5.74, 6) is 0. The van der Waals surface area contributed by atoms with E-state index in [1.807, 2.05) is 0 Å². The van der Waals surface area contributed by atoms with E-state index < -0.39 is 0 Å². The SMILES string of the molecule is CCn1c2c(c3cc(-n4c(-c5ccccc5)c5c(-c6ccccc6)c(-c6ccccc6)c(-c6ccccc6)c(-c6ccccc6)c5c4-c4ccccc4)ccc31)C=CCC=C2. The Kier molecular flexibility index (Phi) is 9.24. The minimum Gasteiger partial charge on any atom is -0.341 e. The van der Waals surface area contributed by atoms with Gasteiger partial charge in [-0.3, -0.25) is 0 Å². The summed E-state index contributed by atoms with van der Waals surface area (Å²) in [5, 5.41) is 3.71. The molecule has 0 bridgehead atoms. The highest BCUT2D eigenvalue weighted by atomic mass is 15.0. The minimum atomic E-state index is 0.896. The van der Waals surface area contributed by atoms with Crippen LogP contribution in [0.1, 0.15) is 24.6 Å². The molecule has 2 nitrogen and oxygen atoms in total. The van der Waals surface area contributed by atoms with Gasteiger partial charge in [0.1, 0.15) is 0 Å². The van der Waals surface area contributed by atoms with Crippen molar-refractivity contribution < 1.29 is 0 Å². The largest absolute Gasteiger partial charge is 0.341 e. The molecular weight excluding hydrogens is 737 g/mol. The Labute approximate surface area is 357 Å². The second kappa shape index (κ2) is 15.5. The predicted molar refractivity (Wildman–Crippen MR) is 260 cm³/mol. The van der Waals surface area contributed by atoms with E-state index >= 15 is 0 Å². The zero-order valence-corrected chi connectivity index (χ0v) is 34.2. The Morgan fingerprint density at radius 3 is 1.23 bits per heavy atom. The Morgan fingerprint density at radius 1 is 0.410 bits per heavy atom. The molecule has 2 heteroatoms. The van der Waals surface area contributed by atoms with E-state index in [0.29, 0.717) is 0 Å². The van der Waals surface area contributed by atoms with E-state index in [0.717, 1.165) is 41.2 Å². The van der Waals surface area contributed by atoms with E-state index in [4.69, 9.17) is 0 Å². The number of benzene rings is 8. The summed E-state index contributed by atoms with van der Waals surface area (Å²) >= 11 is 0. The zero-order chi connectivity index (χ0) is 40.7. The van der Waals surface area contributed by atoms with Crippen LogP contribution in [0.4, 0.5) is 0 Å². The molecule has 0 radical (unpaired) electrons. The molecule has 0 saturated carbocycles. The maximum absolute atomic E-state index is 2.59. The highest BCUT2D eigenvalue weighted by Crippen LogP contribution is 2.57. The van der Waals surface area contributed by atoms with E-state index in [2.05, 4.69) is 241 Å². The third-order valence-corrected chi connectivity index (χ3v) is 12.3. The molecule has 10 aromatic rings. The van der Waals surface area contributed by atoms with E-state index in [1.165, 1.54) is 77.4 Å². The van der Waals surface area contributed by atoms with Gasteiger partial charge in [-0.2, -0.15) is 0 Å². The number of nitrogens with zero attached hydrogens (tertiary/aromatic N) is 2. The fraction of sp³-hybridized carbons (Fsp3) is 0.0508. The van der Waals surface area contributed by atoms with Gasteiger partial charge in [0.05, 0.1) is 11.4 Å². The van der Waals surface area contributed by atoms with Crippen LogP contribution in [0.15, 0.2) is 212 Å². The fourth-order valence-corrected chi connectivity index (χ4v) is 9.80. The van der Waals surface area contributed by atoms with Crippen molar-refractivity contribution in [1.29, 1.82) is 0 Å². The third-order valence-electron chi connectivity index (χ3n) is 12.3. The number of hydrogen-bond acceptors (Lipinski definition) is 0. The molecule has 0 atom stereocenters. The van der Waals surface area contributed by atoms with Crippen molar-refractivity contribution in [2.75, 3.05) is 0 Å². The smallest absolute Gasteiger partial charge is 0.0620 e. The number of fused-ring (bicyclic) bond motifs is 4. The maximum Gasteiger partial charge on any atom is 0.0620 e. The first-order chi connectivity index (χ1) is 30.3. The summed E-state index contributed by atoms with van der Waals surface area (Å²) in [6.45, 7) is 3.15. The Morgan fingerprint density at radius 2 is 0.803 bits per heavy atom. The summed E-state index contributed by atoms with van der Waals surface area (Å²) in [6.07, 6.45) is 10.1. The lowest BCUT2D eigenvalue weighted by molar-refractivity contribution is 0.789. The van der Waals surface area contributed by atoms with Crippen molar-refractivity contribution in [2.24, 2.45) is 0 Å². The lowest BCUT2D eigenvalue weighted by atomic mass is 9.78. The first-order valence-electron chi connectivity index (χ1n) is 21.4. The molecule has 0 spiro atoms. The van der Waals surface area contributed by atoms with Gasteiger partial charge >= 0.3 is 0 Å². The highest BCUT2D eigenvalue weighted by Gasteiger charge is 2.32. The van der Waals surface area contributed by atoms with E-state index in [-0.39, 0.29) is 0 Å². The first-order valence-corrected chi connectivity index (χ1v) is 21.4. The van der Waals surface area contributed by atoms with Crippen molar-refractivity contribution in [1.82, 2.24) is 9.13 Å². The van der Waals surface area contributed by atoms with Gasteiger partial charge < -0.3 is 9.13 Å². The molecule has 1 aliphatic rings. The van der Waals surface area contributed by atoms with Crippen LogP contribution < -0.4 is 0 Å². The van der Waals surface area contributed by atoms with Crippen LogP contribution in [0.25, 0.3) is 107 Å². The third kappa shape index (κ3) is 6.10. The van der Waals surface area contributed by atoms with Crippen molar-refractivity contribution in [3.8, 4) is 72.7 Å². The van der Waals surface area contributed by atoms with Gasteiger partial charge in [-0.05, 0) is 82.1 Å². The highest BCUT2D eigenvalue weighted by molar-refractivity contribution is 6.26. The van der Waals surface area contributed by atoms with Gasteiger partial charge in [-0.15, -0.1) is 0 Å². The monoisotopic (exact) mass is 780 g/mol. The van der Waals surface area contributed by atoms with Crippen LogP contribution in [0, 0.1) is 0 Å². The number of rotatable bonds is 8. The van der Waals surface area contributed by atoms with Gasteiger partial charge in [0.25, 0.3) is 0 Å². The average Bonchev–Trinajstić information content (AvgIpc) is 3.72. The van der Waals surface area contributed by atoms with E-state index in [1.54, 1.807) is 0 Å². The lowest BCUT2D eigenvalue weighted by Crippen LogP contribution is -2.00. The molecule has 0 aliphatic heterocycles. The van der Waals surface area contributed by atoms with Gasteiger partial charge in [0, 0.05) is 56.3 Å². The second-order valence-electron chi connectivity index (χ2n) is 15.8. The number of aryl methyl sites for hydroxylation is 1. The number of aromatic nitrogens is 2. The molecule has 0 fully saturated rings. The molecule has 0 unspecified atom stereocenters. The van der Waals surface area contributed by atoms with Crippen LogP contribution in [0.2, 0.25) is 0 Å². The summed E-state index contributed by atoms with van der Waals surface area (Å²) in [7, 11) is 0. The van der Waals surface area contributed by atoms with Gasteiger partial charge in [0.2, 0.25) is 0 Å². The molecule has 2 aromatic heterocycles. The second-order valence-corrected chi connectivity index (χ2v) is 15.8. The average molecular weight is 781 g/mol. The molecule has 1 aliphatic carbocycles. The molecule has 0 amide bonds. The van der Waals surface area contributed by atoms with Crippen molar-refractivity contribution in [2.45, 2.75) is 19.9 Å². The molecule has 61 heavy (non-hydrogen) atoms. The quantitative estimate of drug-likeness (QED) is 0.145. The zero-order valence-electron chi connectivity index (χ0n) is 34.2.